The number of likely N-dealkylation sites (tertiary alicyclic amines) is 1. The van der Waals surface area contributed by atoms with Gasteiger partial charge in [0.05, 0.1) is 13.7 Å². The molecule has 0 bridgehead atoms. The molecule has 1 aliphatic rings. The summed E-state index contributed by atoms with van der Waals surface area (Å²) in [4.78, 5) is 4.13. The fourth-order valence-corrected chi connectivity index (χ4v) is 4.38. The van der Waals surface area contributed by atoms with Crippen LogP contribution in [-0.2, 0) is 6.54 Å². The van der Waals surface area contributed by atoms with Crippen molar-refractivity contribution in [1.82, 2.24) is 4.90 Å². The molecule has 1 aromatic carbocycles. The van der Waals surface area contributed by atoms with Gasteiger partial charge in [-0.1, -0.05) is 25.0 Å². The standard InChI is InChI=1S/C20H27NO2S/c1-3-23-18-11-10-16(14-19(18)22-2)15-21-12-6-4-5-8-17(21)20-9-7-13-24-20/h7,9-11,13-14,17H,3-6,8,12,15H2,1-2H3/t17-/m0/s1. The van der Waals surface area contributed by atoms with Crippen molar-refractivity contribution in [1.29, 1.82) is 0 Å². The van der Waals surface area contributed by atoms with Gasteiger partial charge in [-0.25, -0.2) is 0 Å². The van der Waals surface area contributed by atoms with Crippen LogP contribution in [0.4, 0.5) is 0 Å². The lowest BCUT2D eigenvalue weighted by molar-refractivity contribution is 0.195. The smallest absolute Gasteiger partial charge is 0.161 e. The molecule has 1 saturated heterocycles. The second-order valence-corrected chi connectivity index (χ2v) is 7.25. The van der Waals surface area contributed by atoms with E-state index in [4.69, 9.17) is 9.47 Å². The van der Waals surface area contributed by atoms with E-state index in [2.05, 4.69) is 34.5 Å². The minimum absolute atomic E-state index is 0.546. The lowest BCUT2D eigenvalue weighted by Crippen LogP contribution is -2.27. The molecule has 130 valence electrons. The number of ether oxygens (including phenoxy) is 2. The summed E-state index contributed by atoms with van der Waals surface area (Å²) in [5.74, 6) is 1.66. The van der Waals surface area contributed by atoms with Crippen molar-refractivity contribution in [2.45, 2.75) is 45.2 Å². The Bertz CT molecular complexity index is 627. The molecule has 4 heteroatoms. The summed E-state index contributed by atoms with van der Waals surface area (Å²) in [7, 11) is 1.71. The third kappa shape index (κ3) is 4.11. The van der Waals surface area contributed by atoms with E-state index in [9.17, 15) is 0 Å². The lowest BCUT2D eigenvalue weighted by Gasteiger charge is -2.29. The summed E-state index contributed by atoms with van der Waals surface area (Å²) in [5, 5.41) is 2.19. The summed E-state index contributed by atoms with van der Waals surface area (Å²) in [6.07, 6.45) is 5.21. The van der Waals surface area contributed by atoms with Gasteiger partial charge in [-0.15, -0.1) is 11.3 Å². The van der Waals surface area contributed by atoms with Gasteiger partial charge in [0.25, 0.3) is 0 Å². The monoisotopic (exact) mass is 345 g/mol. The Hall–Kier alpha value is -1.52. The van der Waals surface area contributed by atoms with Gasteiger partial charge < -0.3 is 9.47 Å². The Labute approximate surface area is 149 Å². The van der Waals surface area contributed by atoms with Gasteiger partial charge in [0.1, 0.15) is 0 Å². The van der Waals surface area contributed by atoms with Crippen LogP contribution in [-0.4, -0.2) is 25.2 Å². The van der Waals surface area contributed by atoms with Crippen molar-refractivity contribution in [3.05, 3.63) is 46.2 Å². The zero-order valence-corrected chi connectivity index (χ0v) is 15.5. The highest BCUT2D eigenvalue weighted by Crippen LogP contribution is 2.35. The molecular weight excluding hydrogens is 318 g/mol. The lowest BCUT2D eigenvalue weighted by atomic mass is 10.1. The number of rotatable bonds is 6. The van der Waals surface area contributed by atoms with Crippen LogP contribution >= 0.6 is 11.3 Å². The molecule has 2 heterocycles. The minimum atomic E-state index is 0.546. The van der Waals surface area contributed by atoms with Crippen LogP contribution in [0.15, 0.2) is 35.7 Å². The number of thiophene rings is 1. The molecule has 0 radical (unpaired) electrons. The van der Waals surface area contributed by atoms with Crippen molar-refractivity contribution >= 4 is 11.3 Å². The van der Waals surface area contributed by atoms with Crippen molar-refractivity contribution in [2.24, 2.45) is 0 Å². The largest absolute Gasteiger partial charge is 0.493 e. The first-order chi connectivity index (χ1) is 11.8. The van der Waals surface area contributed by atoms with E-state index in [1.807, 2.05) is 24.3 Å². The van der Waals surface area contributed by atoms with Crippen LogP contribution in [0.2, 0.25) is 0 Å². The van der Waals surface area contributed by atoms with Crippen molar-refractivity contribution in [3.8, 4) is 11.5 Å². The van der Waals surface area contributed by atoms with E-state index < -0.39 is 0 Å². The number of hydrogen-bond donors (Lipinski definition) is 0. The van der Waals surface area contributed by atoms with Crippen LogP contribution < -0.4 is 9.47 Å². The van der Waals surface area contributed by atoms with Crippen LogP contribution in [0.1, 0.15) is 49.1 Å². The van der Waals surface area contributed by atoms with Gasteiger partial charge in [-0.3, -0.25) is 4.90 Å². The average molecular weight is 346 g/mol. The molecule has 24 heavy (non-hydrogen) atoms. The van der Waals surface area contributed by atoms with Gasteiger partial charge in [0.15, 0.2) is 11.5 Å². The van der Waals surface area contributed by atoms with Gasteiger partial charge in [-0.2, -0.15) is 0 Å². The van der Waals surface area contributed by atoms with Gasteiger partial charge in [0, 0.05) is 17.5 Å². The highest BCUT2D eigenvalue weighted by molar-refractivity contribution is 7.10. The highest BCUT2D eigenvalue weighted by atomic mass is 32.1. The SMILES string of the molecule is CCOc1ccc(CN2CCCCC[C@H]2c2cccs2)cc1OC. The second-order valence-electron chi connectivity index (χ2n) is 6.27. The molecule has 1 fully saturated rings. The van der Waals surface area contributed by atoms with Crippen LogP contribution in [0.3, 0.4) is 0 Å². The molecule has 3 nitrogen and oxygen atoms in total. The Morgan fingerprint density at radius 3 is 2.83 bits per heavy atom. The molecule has 0 saturated carbocycles. The molecule has 3 rings (SSSR count). The van der Waals surface area contributed by atoms with Crippen LogP contribution in [0.25, 0.3) is 0 Å². The predicted molar refractivity (Wildman–Crippen MR) is 100 cm³/mol. The average Bonchev–Trinajstić information content (AvgIpc) is 3.03. The van der Waals surface area contributed by atoms with Crippen LogP contribution in [0, 0.1) is 0 Å². The van der Waals surface area contributed by atoms with Gasteiger partial charge in [-0.05, 0) is 55.5 Å². The first-order valence-electron chi connectivity index (χ1n) is 8.89. The van der Waals surface area contributed by atoms with Crippen LogP contribution in [0.5, 0.6) is 11.5 Å². The topological polar surface area (TPSA) is 21.7 Å². The minimum Gasteiger partial charge on any atom is -0.493 e. The molecule has 1 atom stereocenters. The van der Waals surface area contributed by atoms with E-state index >= 15 is 0 Å². The quantitative estimate of drug-likeness (QED) is 0.711. The van der Waals surface area contributed by atoms with Crippen molar-refractivity contribution < 1.29 is 9.47 Å². The van der Waals surface area contributed by atoms with E-state index in [-0.39, 0.29) is 0 Å². The normalized spacial score (nSPS) is 19.0. The number of nitrogens with zero attached hydrogens (tertiary/aromatic N) is 1. The Morgan fingerprint density at radius 1 is 1.17 bits per heavy atom. The predicted octanol–water partition coefficient (Wildman–Crippen LogP) is 5.27. The van der Waals surface area contributed by atoms with E-state index in [1.54, 1.807) is 7.11 Å². The zero-order valence-electron chi connectivity index (χ0n) is 14.7. The molecule has 0 spiro atoms. The fourth-order valence-electron chi connectivity index (χ4n) is 3.48. The molecule has 0 aliphatic carbocycles. The Balaban J connectivity index is 1.79. The summed E-state index contributed by atoms with van der Waals surface area (Å²) in [5.41, 5.74) is 1.29. The van der Waals surface area contributed by atoms with Gasteiger partial charge >= 0.3 is 0 Å². The first kappa shape index (κ1) is 17.3. The number of hydrogen-bond acceptors (Lipinski definition) is 4. The molecule has 1 aromatic heterocycles. The zero-order chi connectivity index (χ0) is 16.8. The van der Waals surface area contributed by atoms with E-state index in [1.165, 1.54) is 36.1 Å². The van der Waals surface area contributed by atoms with Crippen molar-refractivity contribution in [3.63, 3.8) is 0 Å². The number of benzene rings is 1. The summed E-state index contributed by atoms with van der Waals surface area (Å²) >= 11 is 1.88. The molecule has 2 aromatic rings. The fraction of sp³-hybridized carbons (Fsp3) is 0.500. The molecule has 0 amide bonds. The summed E-state index contributed by atoms with van der Waals surface area (Å²) < 4.78 is 11.1. The molecule has 0 N–H and O–H groups in total. The number of methoxy groups -OCH3 is 1. The third-order valence-corrected chi connectivity index (χ3v) is 5.62. The summed E-state index contributed by atoms with van der Waals surface area (Å²) in [6.45, 7) is 4.78. The maximum absolute atomic E-state index is 5.64. The van der Waals surface area contributed by atoms with Gasteiger partial charge in [0.2, 0.25) is 0 Å². The second kappa shape index (κ2) is 8.54. The van der Waals surface area contributed by atoms with E-state index in [0.717, 1.165) is 24.6 Å². The Morgan fingerprint density at radius 2 is 2.08 bits per heavy atom. The molecule has 1 aliphatic heterocycles. The maximum atomic E-state index is 5.64. The maximum Gasteiger partial charge on any atom is 0.161 e. The third-order valence-electron chi connectivity index (χ3n) is 4.65. The van der Waals surface area contributed by atoms with Crippen molar-refractivity contribution in [2.75, 3.05) is 20.3 Å². The first-order valence-corrected chi connectivity index (χ1v) is 9.77. The molecular formula is C20H27NO2S. The Kier molecular flexibility index (Phi) is 6.16. The summed E-state index contributed by atoms with van der Waals surface area (Å²) in [6, 6.07) is 11.3. The molecule has 0 unspecified atom stereocenters. The van der Waals surface area contributed by atoms with E-state index in [0.29, 0.717) is 12.6 Å². The highest BCUT2D eigenvalue weighted by Gasteiger charge is 2.23.